The van der Waals surface area contributed by atoms with E-state index in [-0.39, 0.29) is 16.6 Å². The molecule has 4 aliphatic rings. The van der Waals surface area contributed by atoms with Crippen LogP contribution < -0.4 is 0 Å². The zero-order valence-electron chi connectivity index (χ0n) is 18.8. The molecule has 3 saturated carbocycles. The first-order valence-corrected chi connectivity index (χ1v) is 12.0. The summed E-state index contributed by atoms with van der Waals surface area (Å²) in [7, 11) is 0. The lowest BCUT2D eigenvalue weighted by molar-refractivity contribution is -0.0983. The van der Waals surface area contributed by atoms with Gasteiger partial charge in [0.2, 0.25) is 0 Å². The summed E-state index contributed by atoms with van der Waals surface area (Å²) >= 11 is 0. The fourth-order valence-corrected chi connectivity index (χ4v) is 8.04. The third kappa shape index (κ3) is 2.48. The fraction of sp³-hybridized carbons (Fsp3) is 0.556. The molecule has 4 nitrogen and oxygen atoms in total. The van der Waals surface area contributed by atoms with Crippen LogP contribution >= 0.6 is 0 Å². The highest BCUT2D eigenvalue weighted by Gasteiger charge is 2.64. The molecule has 6 rings (SSSR count). The number of nitriles is 1. The second-order valence-corrected chi connectivity index (χ2v) is 11.1. The van der Waals surface area contributed by atoms with E-state index in [1.54, 1.807) is 12.1 Å². The molecule has 1 N–H and O–H groups in total. The summed E-state index contributed by atoms with van der Waals surface area (Å²) in [5.74, 6) is 1.32. The minimum atomic E-state index is -1.17. The summed E-state index contributed by atoms with van der Waals surface area (Å²) in [6, 6.07) is 8.82. The van der Waals surface area contributed by atoms with Gasteiger partial charge in [-0.05, 0) is 104 Å². The maximum absolute atomic E-state index is 13.4. The monoisotopic (exact) mass is 431 g/mol. The van der Waals surface area contributed by atoms with Gasteiger partial charge in [-0.15, -0.1) is 0 Å². The first-order chi connectivity index (χ1) is 15.3. The molecule has 4 aliphatic carbocycles. The quantitative estimate of drug-likeness (QED) is 0.611. The van der Waals surface area contributed by atoms with Crippen molar-refractivity contribution < 1.29 is 9.50 Å². The average Bonchev–Trinajstić information content (AvgIpc) is 3.30. The van der Waals surface area contributed by atoms with Gasteiger partial charge in [0.15, 0.2) is 5.60 Å². The van der Waals surface area contributed by atoms with Crippen LogP contribution in [0.25, 0.3) is 11.8 Å². The molecule has 166 valence electrons. The first-order valence-electron chi connectivity index (χ1n) is 12.0. The van der Waals surface area contributed by atoms with Crippen LogP contribution in [0.3, 0.4) is 0 Å². The van der Waals surface area contributed by atoms with Gasteiger partial charge >= 0.3 is 0 Å². The molecule has 0 amide bonds. The summed E-state index contributed by atoms with van der Waals surface area (Å²) in [5, 5.41) is 25.5. The fourth-order valence-electron chi connectivity index (χ4n) is 8.04. The molecule has 0 aliphatic heterocycles. The Morgan fingerprint density at radius 1 is 1.12 bits per heavy atom. The number of rotatable bonds is 1. The van der Waals surface area contributed by atoms with E-state index in [0.29, 0.717) is 24.2 Å². The summed E-state index contributed by atoms with van der Waals surface area (Å²) in [6.45, 7) is 4.60. The molecule has 6 unspecified atom stereocenters. The molecule has 1 heterocycles. The summed E-state index contributed by atoms with van der Waals surface area (Å²) in [6.07, 6.45) is 11.1. The smallest absolute Gasteiger partial charge is 0.156 e. The Morgan fingerprint density at radius 2 is 1.88 bits per heavy atom. The van der Waals surface area contributed by atoms with E-state index in [9.17, 15) is 14.8 Å². The average molecular weight is 432 g/mol. The van der Waals surface area contributed by atoms with E-state index >= 15 is 0 Å². The van der Waals surface area contributed by atoms with E-state index < -0.39 is 5.60 Å². The first kappa shape index (κ1) is 20.2. The SMILES string of the molecule is CC12Cc3cnn(-c4ccc(F)cc4)c3C=C1CCC1C2CCC2(C)C1CCC2(O)C#N. The van der Waals surface area contributed by atoms with E-state index in [0.717, 1.165) is 49.9 Å². The van der Waals surface area contributed by atoms with Gasteiger partial charge in [-0.2, -0.15) is 10.4 Å². The minimum absolute atomic E-state index is 0.0985. The van der Waals surface area contributed by atoms with Gasteiger partial charge < -0.3 is 5.11 Å². The third-order valence-electron chi connectivity index (χ3n) is 9.90. The van der Waals surface area contributed by atoms with Crippen LogP contribution in [0.4, 0.5) is 4.39 Å². The molecule has 0 bridgehead atoms. The van der Waals surface area contributed by atoms with Gasteiger partial charge in [0, 0.05) is 5.41 Å². The molecule has 0 radical (unpaired) electrons. The molecule has 0 saturated heterocycles. The number of fused-ring (bicyclic) bond motifs is 6. The van der Waals surface area contributed by atoms with Gasteiger partial charge in [0.1, 0.15) is 5.82 Å². The van der Waals surface area contributed by atoms with Crippen molar-refractivity contribution in [2.45, 2.75) is 64.4 Å². The summed E-state index contributed by atoms with van der Waals surface area (Å²) in [5.41, 5.74) is 3.42. The number of nitrogens with zero attached hydrogens (tertiary/aromatic N) is 3. The predicted molar refractivity (Wildman–Crippen MR) is 120 cm³/mol. The van der Waals surface area contributed by atoms with Crippen molar-refractivity contribution in [1.29, 1.82) is 5.26 Å². The Hall–Kier alpha value is -2.45. The normalized spacial score (nSPS) is 39.8. The number of halogens is 1. The third-order valence-corrected chi connectivity index (χ3v) is 9.90. The Kier molecular flexibility index (Phi) is 4.13. The van der Waals surface area contributed by atoms with Crippen molar-refractivity contribution >= 4 is 6.08 Å². The van der Waals surface area contributed by atoms with Crippen LogP contribution in [0.1, 0.15) is 63.6 Å². The van der Waals surface area contributed by atoms with Crippen molar-refractivity contribution in [1.82, 2.24) is 9.78 Å². The van der Waals surface area contributed by atoms with Crippen LogP contribution in [-0.2, 0) is 6.42 Å². The van der Waals surface area contributed by atoms with Crippen LogP contribution in [-0.4, -0.2) is 20.5 Å². The van der Waals surface area contributed by atoms with Gasteiger partial charge in [0.25, 0.3) is 0 Å². The molecule has 6 atom stereocenters. The number of benzene rings is 1. The van der Waals surface area contributed by atoms with Crippen LogP contribution in [0.2, 0.25) is 0 Å². The largest absolute Gasteiger partial charge is 0.375 e. The van der Waals surface area contributed by atoms with Crippen molar-refractivity contribution in [3.05, 3.63) is 53.1 Å². The van der Waals surface area contributed by atoms with E-state index in [1.165, 1.54) is 23.3 Å². The number of hydrogen-bond acceptors (Lipinski definition) is 3. The lowest BCUT2D eigenvalue weighted by atomic mass is 9.46. The van der Waals surface area contributed by atoms with Crippen molar-refractivity contribution in [3.63, 3.8) is 0 Å². The molecule has 5 heteroatoms. The Bertz CT molecular complexity index is 1160. The predicted octanol–water partition coefficient (Wildman–Crippen LogP) is 5.45. The zero-order chi connectivity index (χ0) is 22.3. The second kappa shape index (κ2) is 6.54. The minimum Gasteiger partial charge on any atom is -0.375 e. The van der Waals surface area contributed by atoms with Crippen molar-refractivity contribution in [2.75, 3.05) is 0 Å². The molecular formula is C27H30FN3O. The van der Waals surface area contributed by atoms with Crippen LogP contribution in [0.5, 0.6) is 0 Å². The highest BCUT2D eigenvalue weighted by molar-refractivity contribution is 5.61. The Labute approximate surface area is 188 Å². The molecule has 0 spiro atoms. The van der Waals surface area contributed by atoms with Crippen molar-refractivity contribution in [3.8, 4) is 11.8 Å². The maximum atomic E-state index is 13.4. The molecule has 3 fully saturated rings. The topological polar surface area (TPSA) is 61.8 Å². The highest BCUT2D eigenvalue weighted by Crippen LogP contribution is 2.67. The van der Waals surface area contributed by atoms with Gasteiger partial charge in [-0.3, -0.25) is 0 Å². The Morgan fingerprint density at radius 3 is 2.62 bits per heavy atom. The van der Waals surface area contributed by atoms with E-state index in [4.69, 9.17) is 0 Å². The number of allylic oxidation sites excluding steroid dienone is 1. The zero-order valence-corrected chi connectivity index (χ0v) is 18.8. The van der Waals surface area contributed by atoms with Crippen molar-refractivity contribution in [2.24, 2.45) is 28.6 Å². The van der Waals surface area contributed by atoms with Gasteiger partial charge in [-0.1, -0.05) is 19.4 Å². The molecule has 1 aromatic heterocycles. The Balaban J connectivity index is 1.36. The van der Waals surface area contributed by atoms with Crippen LogP contribution in [0.15, 0.2) is 36.0 Å². The standard InChI is InChI=1S/C27H30FN3O/c1-25-14-17-15-30-31(20-6-4-19(28)5-7-20)24(17)13-18(25)3-8-21-22(25)9-11-26(2)23(21)10-12-27(26,32)16-29/h4-7,13,15,21-23,32H,3,8-12,14H2,1-2H3. The lowest BCUT2D eigenvalue weighted by Gasteiger charge is -2.58. The van der Waals surface area contributed by atoms with E-state index in [2.05, 4.69) is 31.1 Å². The maximum Gasteiger partial charge on any atom is 0.156 e. The molecular weight excluding hydrogens is 401 g/mol. The summed E-state index contributed by atoms with van der Waals surface area (Å²) < 4.78 is 15.4. The summed E-state index contributed by atoms with van der Waals surface area (Å²) in [4.78, 5) is 0. The molecule has 32 heavy (non-hydrogen) atoms. The molecule has 1 aromatic carbocycles. The number of hydrogen-bond donors (Lipinski definition) is 1. The van der Waals surface area contributed by atoms with E-state index in [1.807, 2.05) is 10.9 Å². The second-order valence-electron chi connectivity index (χ2n) is 11.1. The lowest BCUT2D eigenvalue weighted by Crippen LogP contribution is -2.54. The van der Waals surface area contributed by atoms with Crippen LogP contribution in [0, 0.1) is 45.7 Å². The van der Waals surface area contributed by atoms with Gasteiger partial charge in [0.05, 0.1) is 23.6 Å². The number of aromatic nitrogens is 2. The van der Waals surface area contributed by atoms with Gasteiger partial charge in [-0.25, -0.2) is 9.07 Å². The number of aliphatic hydroxyl groups is 1. The molecule has 2 aromatic rings. The highest BCUT2D eigenvalue weighted by atomic mass is 19.1.